The van der Waals surface area contributed by atoms with Gasteiger partial charge in [-0.3, -0.25) is 9.59 Å². The van der Waals surface area contributed by atoms with Crippen molar-refractivity contribution in [2.45, 2.75) is 12.8 Å². The monoisotopic (exact) mass is 250 g/mol. The van der Waals surface area contributed by atoms with Crippen molar-refractivity contribution in [1.82, 2.24) is 0 Å². The Hall–Kier alpha value is -1.18. The van der Waals surface area contributed by atoms with Crippen LogP contribution in [0.5, 0.6) is 0 Å². The molecule has 0 rings (SSSR count). The highest BCUT2D eigenvalue weighted by Crippen LogP contribution is 1.92. The van der Waals surface area contributed by atoms with Crippen molar-refractivity contribution in [2.24, 2.45) is 0 Å². The Labute approximate surface area is 99.3 Å². The Kier molecular flexibility index (Phi) is 10.5. The molecular weight excluding hydrogens is 232 g/mol. The maximum atomic E-state index is 10.9. The van der Waals surface area contributed by atoms with Crippen LogP contribution >= 0.6 is 0 Å². The van der Waals surface area contributed by atoms with Crippen molar-refractivity contribution in [3.05, 3.63) is 0 Å². The number of hydrogen-bond donors (Lipinski definition) is 2. The van der Waals surface area contributed by atoms with E-state index in [1.807, 2.05) is 0 Å². The molecule has 0 amide bonds. The second-order valence-electron chi connectivity index (χ2n) is 3.00. The molecule has 0 aromatic heterocycles. The van der Waals surface area contributed by atoms with Crippen molar-refractivity contribution in [3.63, 3.8) is 0 Å². The lowest BCUT2D eigenvalue weighted by atomic mass is 10.4. The zero-order valence-electron chi connectivity index (χ0n) is 9.59. The number of ether oxygens (including phenoxy) is 3. The van der Waals surface area contributed by atoms with Gasteiger partial charge in [0.2, 0.25) is 0 Å². The molecule has 0 aromatic rings. The summed E-state index contributed by atoms with van der Waals surface area (Å²) in [7, 11) is 0. The quantitative estimate of drug-likeness (QED) is 0.373. The highest BCUT2D eigenvalue weighted by Gasteiger charge is 2.04. The van der Waals surface area contributed by atoms with E-state index in [0.29, 0.717) is 0 Å². The van der Waals surface area contributed by atoms with E-state index in [1.165, 1.54) is 0 Å². The first-order valence-corrected chi connectivity index (χ1v) is 5.31. The van der Waals surface area contributed by atoms with Crippen LogP contribution in [-0.4, -0.2) is 61.8 Å². The standard InChI is InChI=1S/C10H18O7/c11-3-7-16-9(13)1-5-15-6-2-10(14)17-8-4-12/h11-12H,1-8H2. The number of esters is 2. The second kappa shape index (κ2) is 11.3. The molecule has 0 aliphatic rings. The van der Waals surface area contributed by atoms with Gasteiger partial charge in [-0.2, -0.15) is 0 Å². The highest BCUT2D eigenvalue weighted by molar-refractivity contribution is 5.70. The predicted molar refractivity (Wildman–Crippen MR) is 56.1 cm³/mol. The minimum Gasteiger partial charge on any atom is -0.463 e. The van der Waals surface area contributed by atoms with Crippen LogP contribution in [0.25, 0.3) is 0 Å². The van der Waals surface area contributed by atoms with Gasteiger partial charge in [0.25, 0.3) is 0 Å². The first-order valence-electron chi connectivity index (χ1n) is 5.31. The van der Waals surface area contributed by atoms with Gasteiger partial charge >= 0.3 is 11.9 Å². The van der Waals surface area contributed by atoms with Gasteiger partial charge in [-0.1, -0.05) is 0 Å². The minimum absolute atomic E-state index is 0.0215. The fraction of sp³-hybridized carbons (Fsp3) is 0.800. The van der Waals surface area contributed by atoms with Crippen LogP contribution in [0.3, 0.4) is 0 Å². The second-order valence-corrected chi connectivity index (χ2v) is 3.00. The average Bonchev–Trinajstić information content (AvgIpc) is 2.33. The van der Waals surface area contributed by atoms with Gasteiger partial charge in [0.05, 0.1) is 39.3 Å². The Balaban J connectivity index is 3.28. The molecule has 0 radical (unpaired) electrons. The zero-order valence-corrected chi connectivity index (χ0v) is 9.59. The van der Waals surface area contributed by atoms with Gasteiger partial charge in [-0.15, -0.1) is 0 Å². The molecule has 2 N–H and O–H groups in total. The molecule has 7 heteroatoms. The number of rotatable bonds is 10. The van der Waals surface area contributed by atoms with Crippen LogP contribution in [0.4, 0.5) is 0 Å². The summed E-state index contributed by atoms with van der Waals surface area (Å²) >= 11 is 0. The molecule has 17 heavy (non-hydrogen) atoms. The topological polar surface area (TPSA) is 102 Å². The molecule has 100 valence electrons. The molecule has 0 aromatic carbocycles. The number of carbonyl (C=O) groups excluding carboxylic acids is 2. The van der Waals surface area contributed by atoms with Crippen LogP contribution in [0, 0.1) is 0 Å². The molecule has 0 atom stereocenters. The number of aliphatic hydroxyl groups is 2. The Morgan fingerprint density at radius 2 is 1.18 bits per heavy atom. The van der Waals surface area contributed by atoms with E-state index in [1.54, 1.807) is 0 Å². The van der Waals surface area contributed by atoms with Gasteiger partial charge < -0.3 is 24.4 Å². The van der Waals surface area contributed by atoms with Crippen molar-refractivity contribution in [3.8, 4) is 0 Å². The largest absolute Gasteiger partial charge is 0.463 e. The van der Waals surface area contributed by atoms with Gasteiger partial charge in [0.1, 0.15) is 13.2 Å². The maximum Gasteiger partial charge on any atom is 0.308 e. The summed E-state index contributed by atoms with van der Waals surface area (Å²) in [5.41, 5.74) is 0. The Morgan fingerprint density at radius 3 is 1.53 bits per heavy atom. The first-order chi connectivity index (χ1) is 8.20. The van der Waals surface area contributed by atoms with Gasteiger partial charge in [-0.25, -0.2) is 0 Å². The average molecular weight is 250 g/mol. The van der Waals surface area contributed by atoms with Crippen LogP contribution < -0.4 is 0 Å². The molecule has 0 saturated carbocycles. The van der Waals surface area contributed by atoms with E-state index < -0.39 is 11.9 Å². The molecule has 0 heterocycles. The molecule has 0 aliphatic heterocycles. The molecule has 0 spiro atoms. The lowest BCUT2D eigenvalue weighted by Gasteiger charge is -2.05. The number of hydrogen-bond acceptors (Lipinski definition) is 7. The van der Waals surface area contributed by atoms with Crippen molar-refractivity contribution >= 4 is 11.9 Å². The Morgan fingerprint density at radius 1 is 0.765 bits per heavy atom. The lowest BCUT2D eigenvalue weighted by Crippen LogP contribution is -2.14. The van der Waals surface area contributed by atoms with E-state index in [4.69, 9.17) is 14.9 Å². The van der Waals surface area contributed by atoms with E-state index in [0.717, 1.165) is 0 Å². The van der Waals surface area contributed by atoms with Gasteiger partial charge in [-0.05, 0) is 0 Å². The summed E-state index contributed by atoms with van der Waals surface area (Å²) in [6.45, 7) is -0.152. The third-order valence-electron chi connectivity index (χ3n) is 1.61. The fourth-order valence-electron chi connectivity index (χ4n) is 0.876. The zero-order chi connectivity index (χ0) is 12.9. The normalized spacial score (nSPS) is 10.0. The minimum atomic E-state index is -0.457. The van der Waals surface area contributed by atoms with Gasteiger partial charge in [0.15, 0.2) is 0 Å². The van der Waals surface area contributed by atoms with E-state index in [9.17, 15) is 9.59 Å². The maximum absolute atomic E-state index is 10.9. The summed E-state index contributed by atoms with van der Waals surface area (Å²) in [6.07, 6.45) is 0.150. The summed E-state index contributed by atoms with van der Waals surface area (Å²) in [5.74, 6) is -0.913. The van der Waals surface area contributed by atoms with Crippen molar-refractivity contribution in [2.75, 3.05) is 39.6 Å². The van der Waals surface area contributed by atoms with E-state index in [-0.39, 0.29) is 52.5 Å². The smallest absolute Gasteiger partial charge is 0.308 e. The van der Waals surface area contributed by atoms with Crippen LogP contribution in [-0.2, 0) is 23.8 Å². The summed E-state index contributed by atoms with van der Waals surface area (Å²) in [4.78, 5) is 21.8. The van der Waals surface area contributed by atoms with Gasteiger partial charge in [0, 0.05) is 0 Å². The van der Waals surface area contributed by atoms with E-state index >= 15 is 0 Å². The number of aliphatic hydroxyl groups excluding tert-OH is 2. The third kappa shape index (κ3) is 11.1. The fourth-order valence-corrected chi connectivity index (χ4v) is 0.876. The van der Waals surface area contributed by atoms with Crippen molar-refractivity contribution < 1.29 is 34.0 Å². The summed E-state index contributed by atoms with van der Waals surface area (Å²) in [5, 5.41) is 16.8. The summed E-state index contributed by atoms with van der Waals surface area (Å²) < 4.78 is 14.2. The van der Waals surface area contributed by atoms with Crippen LogP contribution in [0.15, 0.2) is 0 Å². The van der Waals surface area contributed by atoms with E-state index in [2.05, 4.69) is 9.47 Å². The summed E-state index contributed by atoms with van der Waals surface area (Å²) in [6, 6.07) is 0. The predicted octanol–water partition coefficient (Wildman–Crippen LogP) is -1.15. The molecule has 7 nitrogen and oxygen atoms in total. The molecule has 0 aliphatic carbocycles. The highest BCUT2D eigenvalue weighted by atomic mass is 16.5. The Bertz CT molecular complexity index is 195. The lowest BCUT2D eigenvalue weighted by molar-refractivity contribution is -0.146. The SMILES string of the molecule is O=C(CCOCCC(=O)OCCO)OCCO. The molecule has 0 bridgehead atoms. The molecule has 0 fully saturated rings. The van der Waals surface area contributed by atoms with Crippen LogP contribution in [0.1, 0.15) is 12.8 Å². The first kappa shape index (κ1) is 15.8. The third-order valence-corrected chi connectivity index (χ3v) is 1.61. The number of carbonyl (C=O) groups is 2. The van der Waals surface area contributed by atoms with Crippen LogP contribution in [0.2, 0.25) is 0 Å². The molecule has 0 unspecified atom stereocenters. The molecule has 0 saturated heterocycles. The molecular formula is C10H18O7. The van der Waals surface area contributed by atoms with Crippen molar-refractivity contribution in [1.29, 1.82) is 0 Å².